The molecule has 1 fully saturated rings. The Bertz CT molecular complexity index is 845. The largest absolute Gasteiger partial charge is 0.486 e. The molecule has 0 spiro atoms. The van der Waals surface area contributed by atoms with E-state index in [0.29, 0.717) is 5.75 Å². The van der Waals surface area contributed by atoms with Crippen LogP contribution in [-0.4, -0.2) is 68.1 Å². The third-order valence-corrected chi connectivity index (χ3v) is 6.35. The third kappa shape index (κ3) is 8.29. The fourth-order valence-electron chi connectivity index (χ4n) is 4.20. The molecule has 1 heterocycles. The number of nitrogens with zero attached hydrogens (tertiary/aromatic N) is 3. The Kier molecular flexibility index (Phi) is 9.80. The summed E-state index contributed by atoms with van der Waals surface area (Å²) in [5.74, 6) is 0.446. The first-order valence-corrected chi connectivity index (χ1v) is 12.3. The van der Waals surface area contributed by atoms with Crippen LogP contribution in [0.4, 0.5) is 13.2 Å². The Balaban J connectivity index is 1.61. The van der Waals surface area contributed by atoms with Gasteiger partial charge in [-0.3, -0.25) is 4.90 Å². The number of ether oxygens (including phenoxy) is 1. The highest BCUT2D eigenvalue weighted by Gasteiger charge is 2.30. The number of unbranched alkanes of at least 4 members (excludes halogenated alkanes) is 1. The first-order chi connectivity index (χ1) is 16.2. The molecule has 1 saturated heterocycles. The van der Waals surface area contributed by atoms with Crippen molar-refractivity contribution < 1.29 is 17.9 Å². The van der Waals surface area contributed by atoms with Gasteiger partial charge in [-0.25, -0.2) is 0 Å². The summed E-state index contributed by atoms with van der Waals surface area (Å²) in [6.45, 7) is 9.63. The molecule has 3 rings (SSSR count). The van der Waals surface area contributed by atoms with Gasteiger partial charge in [-0.15, -0.1) is 0 Å². The molecule has 1 aliphatic rings. The van der Waals surface area contributed by atoms with Gasteiger partial charge in [-0.1, -0.05) is 37.6 Å². The van der Waals surface area contributed by atoms with E-state index in [1.165, 1.54) is 37.1 Å². The van der Waals surface area contributed by atoms with Gasteiger partial charge >= 0.3 is 6.18 Å². The highest BCUT2D eigenvalue weighted by atomic mass is 19.4. The zero-order valence-electron chi connectivity index (χ0n) is 20.7. The summed E-state index contributed by atoms with van der Waals surface area (Å²) >= 11 is 0. The molecule has 0 amide bonds. The van der Waals surface area contributed by atoms with Crippen LogP contribution in [0, 0.1) is 0 Å². The lowest BCUT2D eigenvalue weighted by Crippen LogP contribution is -2.46. The lowest BCUT2D eigenvalue weighted by atomic mass is 10.0. The van der Waals surface area contributed by atoms with Gasteiger partial charge in [0.25, 0.3) is 0 Å². The molecule has 1 atom stereocenters. The van der Waals surface area contributed by atoms with E-state index in [-0.39, 0.29) is 6.10 Å². The monoisotopic (exact) mass is 477 g/mol. The molecule has 0 bridgehead atoms. The summed E-state index contributed by atoms with van der Waals surface area (Å²) in [5.41, 5.74) is 1.64. The maximum Gasteiger partial charge on any atom is 0.416 e. The van der Waals surface area contributed by atoms with Crippen molar-refractivity contribution in [2.45, 2.75) is 45.0 Å². The highest BCUT2D eigenvalue weighted by Crippen LogP contribution is 2.32. The van der Waals surface area contributed by atoms with Crippen LogP contribution in [0.25, 0.3) is 0 Å². The van der Waals surface area contributed by atoms with Crippen molar-refractivity contribution in [3.63, 3.8) is 0 Å². The number of hydrogen-bond donors (Lipinski definition) is 0. The smallest absolute Gasteiger partial charge is 0.416 e. The van der Waals surface area contributed by atoms with Crippen molar-refractivity contribution in [2.75, 3.05) is 53.4 Å². The van der Waals surface area contributed by atoms with E-state index in [4.69, 9.17) is 4.74 Å². The van der Waals surface area contributed by atoms with Gasteiger partial charge in [-0.05, 0) is 62.5 Å². The van der Waals surface area contributed by atoms with Crippen LogP contribution < -0.4 is 4.74 Å². The molecule has 2 aromatic carbocycles. The average Bonchev–Trinajstić information content (AvgIpc) is 2.81. The molecule has 1 unspecified atom stereocenters. The summed E-state index contributed by atoms with van der Waals surface area (Å²) in [7, 11) is 4.00. The van der Waals surface area contributed by atoms with Gasteiger partial charge in [-0.2, -0.15) is 13.2 Å². The molecule has 7 heteroatoms. The topological polar surface area (TPSA) is 19.0 Å². The minimum atomic E-state index is -4.35. The molecular weight excluding hydrogens is 439 g/mol. The van der Waals surface area contributed by atoms with Crippen molar-refractivity contribution in [1.82, 2.24) is 14.7 Å². The Morgan fingerprint density at radius 2 is 1.53 bits per heavy atom. The molecule has 0 radical (unpaired) electrons. The summed E-state index contributed by atoms with van der Waals surface area (Å²) in [6.07, 6.45) is -1.32. The van der Waals surface area contributed by atoms with Crippen LogP contribution in [0.1, 0.15) is 49.0 Å². The first-order valence-electron chi connectivity index (χ1n) is 12.3. The minimum absolute atomic E-state index is 0.227. The molecular formula is C27H38F3N3O. The number of hydrogen-bond acceptors (Lipinski definition) is 4. The molecule has 188 valence electrons. The van der Waals surface area contributed by atoms with Crippen molar-refractivity contribution >= 4 is 0 Å². The predicted molar refractivity (Wildman–Crippen MR) is 131 cm³/mol. The Hall–Kier alpha value is -2.09. The predicted octanol–water partition coefficient (Wildman–Crippen LogP) is 5.69. The number of halogens is 3. The van der Waals surface area contributed by atoms with E-state index in [0.717, 1.165) is 63.4 Å². The fraction of sp³-hybridized carbons (Fsp3) is 0.556. The van der Waals surface area contributed by atoms with Crippen molar-refractivity contribution in [1.29, 1.82) is 0 Å². The lowest BCUT2D eigenvalue weighted by molar-refractivity contribution is -0.137. The van der Waals surface area contributed by atoms with Crippen LogP contribution in [-0.2, 0) is 12.7 Å². The Labute approximate surface area is 202 Å². The Morgan fingerprint density at radius 3 is 2.09 bits per heavy atom. The number of benzene rings is 2. The quantitative estimate of drug-likeness (QED) is 0.414. The van der Waals surface area contributed by atoms with E-state index in [9.17, 15) is 13.2 Å². The minimum Gasteiger partial charge on any atom is -0.486 e. The van der Waals surface area contributed by atoms with E-state index < -0.39 is 11.7 Å². The second kappa shape index (κ2) is 12.6. The number of rotatable bonds is 11. The fourth-order valence-corrected chi connectivity index (χ4v) is 4.20. The van der Waals surface area contributed by atoms with Gasteiger partial charge in [0.1, 0.15) is 11.9 Å². The number of alkyl halides is 3. The molecule has 4 nitrogen and oxygen atoms in total. The van der Waals surface area contributed by atoms with Crippen LogP contribution in [0.5, 0.6) is 5.75 Å². The zero-order valence-corrected chi connectivity index (χ0v) is 20.7. The number of piperazine rings is 1. The molecule has 0 N–H and O–H groups in total. The lowest BCUT2D eigenvalue weighted by Gasteiger charge is -2.34. The van der Waals surface area contributed by atoms with Gasteiger partial charge in [0.15, 0.2) is 0 Å². The molecule has 2 aromatic rings. The van der Waals surface area contributed by atoms with Gasteiger partial charge in [0.05, 0.1) is 5.56 Å². The molecule has 1 aliphatic heterocycles. The van der Waals surface area contributed by atoms with Crippen molar-refractivity contribution in [2.24, 2.45) is 0 Å². The molecule has 0 aromatic heterocycles. The van der Waals surface area contributed by atoms with Gasteiger partial charge < -0.3 is 14.5 Å². The molecule has 34 heavy (non-hydrogen) atoms. The third-order valence-electron chi connectivity index (χ3n) is 6.35. The van der Waals surface area contributed by atoms with Gasteiger partial charge in [0.2, 0.25) is 0 Å². The van der Waals surface area contributed by atoms with E-state index in [1.807, 2.05) is 14.1 Å². The van der Waals surface area contributed by atoms with Crippen LogP contribution in [0.15, 0.2) is 48.5 Å². The zero-order chi connectivity index (χ0) is 24.6. The maximum absolute atomic E-state index is 12.9. The highest BCUT2D eigenvalue weighted by molar-refractivity contribution is 5.31. The van der Waals surface area contributed by atoms with E-state index in [2.05, 4.69) is 45.9 Å². The maximum atomic E-state index is 12.9. The summed E-state index contributed by atoms with van der Waals surface area (Å²) in [4.78, 5) is 7.13. The SMILES string of the molecule is CCCCN1CCN(Cc2ccc(C(CCN(C)C)Oc3ccc(C(F)(F)F)cc3)cc2)CC1. The van der Waals surface area contributed by atoms with Crippen LogP contribution in [0.2, 0.25) is 0 Å². The standard InChI is InChI=1S/C27H38F3N3O/c1-4-5-15-32-17-19-33(20-18-32)21-22-6-8-23(9-7-22)26(14-16-31(2)3)34-25-12-10-24(11-13-25)27(28,29)30/h6-13,26H,4-5,14-21H2,1-3H3. The normalized spacial score (nSPS) is 16.7. The summed E-state index contributed by atoms with van der Waals surface area (Å²) < 4.78 is 44.8. The van der Waals surface area contributed by atoms with Crippen molar-refractivity contribution in [3.8, 4) is 5.75 Å². The second-order valence-corrected chi connectivity index (χ2v) is 9.43. The summed E-state index contributed by atoms with van der Waals surface area (Å²) in [6, 6.07) is 13.4. The molecule has 0 saturated carbocycles. The van der Waals surface area contributed by atoms with E-state index >= 15 is 0 Å². The van der Waals surface area contributed by atoms with Crippen LogP contribution >= 0.6 is 0 Å². The second-order valence-electron chi connectivity index (χ2n) is 9.43. The molecule has 0 aliphatic carbocycles. The Morgan fingerprint density at radius 1 is 0.912 bits per heavy atom. The van der Waals surface area contributed by atoms with Crippen molar-refractivity contribution in [3.05, 3.63) is 65.2 Å². The average molecular weight is 478 g/mol. The van der Waals surface area contributed by atoms with Crippen LogP contribution in [0.3, 0.4) is 0 Å². The first kappa shape index (κ1) is 26.5. The van der Waals surface area contributed by atoms with E-state index in [1.54, 1.807) is 0 Å². The summed E-state index contributed by atoms with van der Waals surface area (Å²) in [5, 5.41) is 0. The van der Waals surface area contributed by atoms with Gasteiger partial charge in [0, 0.05) is 45.7 Å².